The van der Waals surface area contributed by atoms with Crippen LogP contribution < -0.4 is 4.72 Å². The van der Waals surface area contributed by atoms with Gasteiger partial charge in [-0.3, -0.25) is 9.71 Å². The number of nitrogens with one attached hydrogen (secondary N) is 2. The van der Waals surface area contributed by atoms with E-state index >= 15 is 0 Å². The number of aromatic amines is 1. The summed E-state index contributed by atoms with van der Waals surface area (Å²) in [5.41, 5.74) is 0.909. The van der Waals surface area contributed by atoms with Gasteiger partial charge in [0.25, 0.3) is 10.0 Å². The molecule has 9 heteroatoms. The molecule has 0 atom stereocenters. The van der Waals surface area contributed by atoms with Crippen molar-refractivity contribution < 1.29 is 12.8 Å². The first-order valence-electron chi connectivity index (χ1n) is 6.92. The van der Waals surface area contributed by atoms with E-state index < -0.39 is 15.8 Å². The van der Waals surface area contributed by atoms with Crippen molar-refractivity contribution in [1.82, 2.24) is 9.97 Å². The highest BCUT2D eigenvalue weighted by Crippen LogP contribution is 2.27. The quantitative estimate of drug-likeness (QED) is 0.672. The number of pyridine rings is 1. The third-order valence-corrected chi connectivity index (χ3v) is 5.31. The molecule has 25 heavy (non-hydrogen) atoms. The maximum Gasteiger partial charge on any atom is 0.263 e. The number of anilines is 1. The highest BCUT2D eigenvalue weighted by Gasteiger charge is 2.19. The second-order valence-electron chi connectivity index (χ2n) is 4.99. The lowest BCUT2D eigenvalue weighted by Gasteiger charge is -2.07. The third kappa shape index (κ3) is 3.55. The predicted octanol–water partition coefficient (Wildman–Crippen LogP) is 3.65. The average Bonchev–Trinajstić information content (AvgIpc) is 3.08. The molecular formula is C16H10BrFN4O2S. The molecule has 0 aliphatic heterocycles. The molecular weight excluding hydrogens is 411 g/mol. The van der Waals surface area contributed by atoms with E-state index in [0.29, 0.717) is 15.9 Å². The number of benzene rings is 1. The number of rotatable bonds is 4. The Kier molecular flexibility index (Phi) is 4.57. The number of sulfonamides is 1. The van der Waals surface area contributed by atoms with Crippen molar-refractivity contribution in [3.63, 3.8) is 0 Å². The van der Waals surface area contributed by atoms with Crippen LogP contribution in [0.3, 0.4) is 0 Å². The van der Waals surface area contributed by atoms with E-state index in [4.69, 9.17) is 5.26 Å². The average molecular weight is 421 g/mol. The van der Waals surface area contributed by atoms with Gasteiger partial charge < -0.3 is 4.98 Å². The zero-order valence-corrected chi connectivity index (χ0v) is 14.9. The summed E-state index contributed by atoms with van der Waals surface area (Å²) >= 11 is 3.35. The molecule has 3 rings (SSSR count). The van der Waals surface area contributed by atoms with Crippen LogP contribution in [0.5, 0.6) is 0 Å². The first kappa shape index (κ1) is 17.1. The van der Waals surface area contributed by atoms with Crippen molar-refractivity contribution in [2.45, 2.75) is 4.90 Å². The fraction of sp³-hybridized carbons (Fsp3) is 0. The van der Waals surface area contributed by atoms with E-state index in [9.17, 15) is 12.8 Å². The van der Waals surface area contributed by atoms with Gasteiger partial charge in [-0.1, -0.05) is 0 Å². The Hall–Kier alpha value is -2.70. The molecule has 0 spiro atoms. The van der Waals surface area contributed by atoms with Crippen LogP contribution in [0.15, 0.2) is 58.2 Å². The number of nitriles is 1. The Balaban J connectivity index is 1.92. The lowest BCUT2D eigenvalue weighted by molar-refractivity contribution is 0.598. The molecule has 0 fully saturated rings. The number of halogens is 2. The lowest BCUT2D eigenvalue weighted by Crippen LogP contribution is -2.13. The van der Waals surface area contributed by atoms with Crippen LogP contribution >= 0.6 is 15.9 Å². The summed E-state index contributed by atoms with van der Waals surface area (Å²) in [6.45, 7) is 0. The second-order valence-corrected chi connectivity index (χ2v) is 7.53. The van der Waals surface area contributed by atoms with Gasteiger partial charge in [0.2, 0.25) is 0 Å². The van der Waals surface area contributed by atoms with Crippen molar-refractivity contribution >= 4 is 31.6 Å². The van der Waals surface area contributed by atoms with Crippen molar-refractivity contribution in [2.24, 2.45) is 0 Å². The van der Waals surface area contributed by atoms with E-state index in [-0.39, 0.29) is 16.1 Å². The fourth-order valence-corrected chi connectivity index (χ4v) is 3.65. The largest absolute Gasteiger partial charge is 0.359 e. The van der Waals surface area contributed by atoms with Crippen LogP contribution in [0.1, 0.15) is 5.56 Å². The summed E-state index contributed by atoms with van der Waals surface area (Å²) in [4.78, 5) is 6.95. The zero-order valence-electron chi connectivity index (χ0n) is 12.5. The van der Waals surface area contributed by atoms with E-state index in [2.05, 4.69) is 30.6 Å². The monoisotopic (exact) mass is 420 g/mol. The molecule has 0 saturated carbocycles. The molecule has 0 aliphatic carbocycles. The van der Waals surface area contributed by atoms with Gasteiger partial charge >= 0.3 is 0 Å². The summed E-state index contributed by atoms with van der Waals surface area (Å²) in [5, 5.41) is 8.73. The Bertz CT molecular complexity index is 1090. The van der Waals surface area contributed by atoms with Crippen LogP contribution in [0, 0.1) is 17.1 Å². The molecule has 1 aromatic carbocycles. The summed E-state index contributed by atoms with van der Waals surface area (Å²) in [6, 6.07) is 10.2. The highest BCUT2D eigenvalue weighted by molar-refractivity contribution is 9.10. The zero-order chi connectivity index (χ0) is 18.0. The number of H-pyrrole nitrogens is 1. The molecule has 0 bridgehead atoms. The Morgan fingerprint density at radius 2 is 2.08 bits per heavy atom. The number of hydrogen-bond acceptors (Lipinski definition) is 4. The molecule has 2 aromatic heterocycles. The van der Waals surface area contributed by atoms with Gasteiger partial charge in [-0.05, 0) is 52.3 Å². The van der Waals surface area contributed by atoms with Gasteiger partial charge in [0, 0.05) is 16.9 Å². The molecule has 0 saturated heterocycles. The maximum atomic E-state index is 13.9. The van der Waals surface area contributed by atoms with E-state index in [1.54, 1.807) is 24.4 Å². The van der Waals surface area contributed by atoms with Crippen LogP contribution in [-0.4, -0.2) is 18.4 Å². The van der Waals surface area contributed by atoms with Gasteiger partial charge in [0.05, 0.1) is 23.0 Å². The predicted molar refractivity (Wildman–Crippen MR) is 93.6 cm³/mol. The molecule has 6 nitrogen and oxygen atoms in total. The third-order valence-electron chi connectivity index (χ3n) is 3.32. The van der Waals surface area contributed by atoms with E-state index in [1.807, 2.05) is 0 Å². The minimum absolute atomic E-state index is 0.0659. The minimum Gasteiger partial charge on any atom is -0.359 e. The Morgan fingerprint density at radius 3 is 2.76 bits per heavy atom. The normalized spacial score (nSPS) is 11.1. The highest BCUT2D eigenvalue weighted by atomic mass is 79.9. The SMILES string of the molecule is N#Cc1ccc(NS(=O)(=O)c2c[nH]c(-c3ncccc3Br)c2)c(F)c1. The van der Waals surface area contributed by atoms with Crippen molar-refractivity contribution in [1.29, 1.82) is 5.26 Å². The van der Waals surface area contributed by atoms with Crippen molar-refractivity contribution in [3.8, 4) is 17.5 Å². The van der Waals surface area contributed by atoms with E-state index in [0.717, 1.165) is 6.07 Å². The summed E-state index contributed by atoms with van der Waals surface area (Å²) in [5.74, 6) is -0.828. The standard InChI is InChI=1S/C16H10BrFN4O2S/c17-12-2-1-5-20-16(12)15-7-11(9-21-15)25(23,24)22-14-4-3-10(8-19)6-13(14)18/h1-7,9,21-22H. The number of aromatic nitrogens is 2. The second kappa shape index (κ2) is 6.66. The molecule has 0 amide bonds. The van der Waals surface area contributed by atoms with Crippen molar-refractivity contribution in [3.05, 3.63) is 64.6 Å². The molecule has 2 N–H and O–H groups in total. The number of nitrogens with zero attached hydrogens (tertiary/aromatic N) is 2. The van der Waals surface area contributed by atoms with Crippen molar-refractivity contribution in [2.75, 3.05) is 4.72 Å². The first-order chi connectivity index (χ1) is 11.9. The molecule has 0 unspecified atom stereocenters. The van der Waals surface area contributed by atoms with Gasteiger partial charge in [-0.2, -0.15) is 5.26 Å². The lowest BCUT2D eigenvalue weighted by atomic mass is 10.2. The van der Waals surface area contributed by atoms with Gasteiger partial charge in [-0.25, -0.2) is 12.8 Å². The number of hydrogen-bond donors (Lipinski definition) is 2. The van der Waals surface area contributed by atoms with Crippen LogP contribution in [0.4, 0.5) is 10.1 Å². The first-order valence-corrected chi connectivity index (χ1v) is 9.20. The topological polar surface area (TPSA) is 98.6 Å². The van der Waals surface area contributed by atoms with Crippen LogP contribution in [0.25, 0.3) is 11.4 Å². The van der Waals surface area contributed by atoms with Gasteiger partial charge in [0.15, 0.2) is 0 Å². The summed E-state index contributed by atoms with van der Waals surface area (Å²) in [6.07, 6.45) is 2.87. The maximum absolute atomic E-state index is 13.9. The van der Waals surface area contributed by atoms with E-state index in [1.165, 1.54) is 24.4 Å². The smallest absolute Gasteiger partial charge is 0.263 e. The van der Waals surface area contributed by atoms with Crippen LogP contribution in [0.2, 0.25) is 0 Å². The fourth-order valence-electron chi connectivity index (χ4n) is 2.12. The Morgan fingerprint density at radius 1 is 1.28 bits per heavy atom. The molecule has 2 heterocycles. The Labute approximate surface area is 151 Å². The van der Waals surface area contributed by atoms with Crippen LogP contribution in [-0.2, 0) is 10.0 Å². The van der Waals surface area contributed by atoms with Gasteiger partial charge in [-0.15, -0.1) is 0 Å². The molecule has 126 valence electrons. The molecule has 3 aromatic rings. The minimum atomic E-state index is -4.00. The molecule has 0 aliphatic rings. The van der Waals surface area contributed by atoms with Gasteiger partial charge in [0.1, 0.15) is 16.4 Å². The summed E-state index contributed by atoms with van der Waals surface area (Å²) in [7, 11) is -4.00. The summed E-state index contributed by atoms with van der Waals surface area (Å²) < 4.78 is 41.7. The molecule has 0 radical (unpaired) electrons.